The molecule has 0 aliphatic carbocycles. The summed E-state index contributed by atoms with van der Waals surface area (Å²) in [4.78, 5) is 13.4. The predicted molar refractivity (Wildman–Crippen MR) is 59.0 cm³/mol. The standard InChI is InChI=1S/C11H15N3O3/c1-8(4-5-12)14(2)11(15)10-6-9(7-16-3)17-13-10/h6,8H,4,7H2,1-3H3. The average molecular weight is 237 g/mol. The van der Waals surface area contributed by atoms with E-state index < -0.39 is 0 Å². The molecular weight excluding hydrogens is 222 g/mol. The van der Waals surface area contributed by atoms with E-state index in [9.17, 15) is 4.79 Å². The molecule has 1 unspecified atom stereocenters. The molecule has 6 heteroatoms. The van der Waals surface area contributed by atoms with Crippen LogP contribution in [0, 0.1) is 11.3 Å². The van der Waals surface area contributed by atoms with Crippen LogP contribution in [0.2, 0.25) is 0 Å². The first-order valence-corrected chi connectivity index (χ1v) is 5.18. The fourth-order valence-corrected chi connectivity index (χ4v) is 1.27. The van der Waals surface area contributed by atoms with Gasteiger partial charge in [-0.25, -0.2) is 0 Å². The molecule has 0 saturated carbocycles. The van der Waals surface area contributed by atoms with E-state index in [0.29, 0.717) is 5.76 Å². The molecule has 92 valence electrons. The first kappa shape index (κ1) is 13.2. The molecule has 0 saturated heterocycles. The summed E-state index contributed by atoms with van der Waals surface area (Å²) in [6.07, 6.45) is 0.283. The number of methoxy groups -OCH3 is 1. The van der Waals surface area contributed by atoms with Crippen LogP contribution < -0.4 is 0 Å². The molecular formula is C11H15N3O3. The van der Waals surface area contributed by atoms with Gasteiger partial charge in [0.15, 0.2) is 11.5 Å². The molecule has 0 aliphatic heterocycles. The highest BCUT2D eigenvalue weighted by atomic mass is 16.5. The van der Waals surface area contributed by atoms with Crippen molar-refractivity contribution in [2.75, 3.05) is 14.2 Å². The second-order valence-corrected chi connectivity index (χ2v) is 3.74. The number of amides is 1. The zero-order chi connectivity index (χ0) is 12.8. The monoisotopic (exact) mass is 237 g/mol. The lowest BCUT2D eigenvalue weighted by molar-refractivity contribution is 0.0735. The van der Waals surface area contributed by atoms with E-state index in [0.717, 1.165) is 0 Å². The number of hydrogen-bond donors (Lipinski definition) is 0. The molecule has 0 radical (unpaired) electrons. The zero-order valence-electron chi connectivity index (χ0n) is 10.1. The molecule has 1 heterocycles. The fraction of sp³-hybridized carbons (Fsp3) is 0.545. The van der Waals surface area contributed by atoms with Gasteiger partial charge >= 0.3 is 0 Å². The summed E-state index contributed by atoms with van der Waals surface area (Å²) in [6.45, 7) is 2.08. The van der Waals surface area contributed by atoms with Crippen molar-refractivity contribution in [3.05, 3.63) is 17.5 Å². The van der Waals surface area contributed by atoms with Gasteiger partial charge in [-0.05, 0) is 6.92 Å². The minimum Gasteiger partial charge on any atom is -0.377 e. The smallest absolute Gasteiger partial charge is 0.276 e. The lowest BCUT2D eigenvalue weighted by Gasteiger charge is -2.21. The fourth-order valence-electron chi connectivity index (χ4n) is 1.27. The Balaban J connectivity index is 2.71. The zero-order valence-corrected chi connectivity index (χ0v) is 10.1. The minimum atomic E-state index is -0.265. The molecule has 0 spiro atoms. The number of ether oxygens (including phenoxy) is 1. The maximum Gasteiger partial charge on any atom is 0.276 e. The molecule has 6 nitrogen and oxygen atoms in total. The third kappa shape index (κ3) is 3.29. The van der Waals surface area contributed by atoms with Crippen molar-refractivity contribution < 1.29 is 14.1 Å². The molecule has 0 N–H and O–H groups in total. The number of aromatic nitrogens is 1. The summed E-state index contributed by atoms with van der Waals surface area (Å²) < 4.78 is 9.79. The van der Waals surface area contributed by atoms with Gasteiger partial charge in [0.05, 0.1) is 12.5 Å². The van der Waals surface area contributed by atoms with Gasteiger partial charge in [0.1, 0.15) is 6.61 Å². The van der Waals surface area contributed by atoms with Crippen molar-refractivity contribution in [1.29, 1.82) is 5.26 Å². The van der Waals surface area contributed by atoms with Gasteiger partial charge in [-0.15, -0.1) is 0 Å². The van der Waals surface area contributed by atoms with E-state index in [2.05, 4.69) is 5.16 Å². The highest BCUT2D eigenvalue weighted by molar-refractivity contribution is 5.92. The number of rotatable bonds is 5. The molecule has 1 amide bonds. The molecule has 0 bridgehead atoms. The number of nitrogens with zero attached hydrogens (tertiary/aromatic N) is 3. The van der Waals surface area contributed by atoms with Crippen LogP contribution in [-0.2, 0) is 11.3 Å². The maximum atomic E-state index is 11.9. The number of hydrogen-bond acceptors (Lipinski definition) is 5. The normalized spacial score (nSPS) is 11.9. The van der Waals surface area contributed by atoms with Crippen molar-refractivity contribution in [1.82, 2.24) is 10.1 Å². The van der Waals surface area contributed by atoms with Gasteiger partial charge in [0.2, 0.25) is 0 Å². The summed E-state index contributed by atoms with van der Waals surface area (Å²) in [5, 5.41) is 12.2. The third-order valence-corrected chi connectivity index (χ3v) is 2.43. The van der Waals surface area contributed by atoms with E-state index >= 15 is 0 Å². The number of carbonyl (C=O) groups is 1. The molecule has 17 heavy (non-hydrogen) atoms. The van der Waals surface area contributed by atoms with Crippen molar-refractivity contribution in [2.24, 2.45) is 0 Å². The Labute approximate surface area is 99.7 Å². The SMILES string of the molecule is COCc1cc(C(=O)N(C)C(C)CC#N)no1. The van der Waals surface area contributed by atoms with Gasteiger partial charge in [-0.3, -0.25) is 4.79 Å². The van der Waals surface area contributed by atoms with Crippen molar-refractivity contribution in [2.45, 2.75) is 26.0 Å². The van der Waals surface area contributed by atoms with Crippen molar-refractivity contribution in [3.8, 4) is 6.07 Å². The Morgan fingerprint density at radius 3 is 3.06 bits per heavy atom. The van der Waals surface area contributed by atoms with E-state index in [1.54, 1.807) is 20.0 Å². The maximum absolute atomic E-state index is 11.9. The van der Waals surface area contributed by atoms with Crippen molar-refractivity contribution in [3.63, 3.8) is 0 Å². The molecule has 0 aliphatic rings. The Bertz CT molecular complexity index is 422. The van der Waals surface area contributed by atoms with E-state index in [1.807, 2.05) is 6.07 Å². The topological polar surface area (TPSA) is 79.4 Å². The summed E-state index contributed by atoms with van der Waals surface area (Å²) >= 11 is 0. The second-order valence-electron chi connectivity index (χ2n) is 3.74. The quantitative estimate of drug-likeness (QED) is 0.768. The molecule has 0 aromatic carbocycles. The third-order valence-electron chi connectivity index (χ3n) is 2.43. The molecule has 1 aromatic heterocycles. The van der Waals surface area contributed by atoms with E-state index in [-0.39, 0.29) is 30.7 Å². The molecule has 0 fully saturated rings. The Kier molecular flexibility index (Phi) is 4.67. The summed E-state index contributed by atoms with van der Waals surface area (Å²) in [6, 6.07) is 3.41. The largest absolute Gasteiger partial charge is 0.377 e. The van der Waals surface area contributed by atoms with E-state index in [1.165, 1.54) is 12.0 Å². The van der Waals surface area contributed by atoms with Gasteiger partial charge in [-0.1, -0.05) is 5.16 Å². The lowest BCUT2D eigenvalue weighted by Crippen LogP contribution is -2.35. The van der Waals surface area contributed by atoms with E-state index in [4.69, 9.17) is 14.5 Å². The number of nitriles is 1. The summed E-state index contributed by atoms with van der Waals surface area (Å²) in [5.41, 5.74) is 0.226. The van der Waals surface area contributed by atoms with Gasteiger partial charge in [0, 0.05) is 26.3 Å². The predicted octanol–water partition coefficient (Wildman–Crippen LogP) is 1.20. The Hall–Kier alpha value is -1.87. The van der Waals surface area contributed by atoms with Crippen LogP contribution >= 0.6 is 0 Å². The summed E-state index contributed by atoms with van der Waals surface area (Å²) in [5.74, 6) is 0.232. The highest BCUT2D eigenvalue weighted by Gasteiger charge is 2.20. The Morgan fingerprint density at radius 1 is 1.76 bits per heavy atom. The van der Waals surface area contributed by atoms with Crippen LogP contribution in [0.1, 0.15) is 29.6 Å². The van der Waals surface area contributed by atoms with Crippen LogP contribution in [0.15, 0.2) is 10.6 Å². The molecule has 1 aromatic rings. The first-order valence-electron chi connectivity index (χ1n) is 5.18. The summed E-state index contributed by atoms with van der Waals surface area (Å²) in [7, 11) is 3.17. The van der Waals surface area contributed by atoms with Gasteiger partial charge in [0.25, 0.3) is 5.91 Å². The molecule has 1 rings (SSSR count). The first-order chi connectivity index (χ1) is 8.10. The van der Waals surface area contributed by atoms with Crippen LogP contribution in [-0.4, -0.2) is 36.2 Å². The van der Waals surface area contributed by atoms with Crippen LogP contribution in [0.4, 0.5) is 0 Å². The lowest BCUT2D eigenvalue weighted by atomic mass is 10.2. The van der Waals surface area contributed by atoms with Gasteiger partial charge in [-0.2, -0.15) is 5.26 Å². The average Bonchev–Trinajstić information content (AvgIpc) is 2.76. The Morgan fingerprint density at radius 2 is 2.47 bits per heavy atom. The molecule has 1 atom stereocenters. The van der Waals surface area contributed by atoms with Crippen molar-refractivity contribution >= 4 is 5.91 Å². The minimum absolute atomic E-state index is 0.157. The van der Waals surface area contributed by atoms with Crippen LogP contribution in [0.5, 0.6) is 0 Å². The number of carbonyl (C=O) groups excluding carboxylic acids is 1. The van der Waals surface area contributed by atoms with Crippen LogP contribution in [0.3, 0.4) is 0 Å². The second kappa shape index (κ2) is 6.01. The van der Waals surface area contributed by atoms with Gasteiger partial charge < -0.3 is 14.2 Å². The highest BCUT2D eigenvalue weighted by Crippen LogP contribution is 2.10. The van der Waals surface area contributed by atoms with Crippen LogP contribution in [0.25, 0.3) is 0 Å².